The lowest BCUT2D eigenvalue weighted by Gasteiger charge is -2.13. The Morgan fingerprint density at radius 1 is 1.47 bits per heavy atom. The van der Waals surface area contributed by atoms with Gasteiger partial charge in [0.2, 0.25) is 0 Å². The first-order valence-electron chi connectivity index (χ1n) is 4.84. The van der Waals surface area contributed by atoms with Crippen LogP contribution in [-0.4, -0.2) is 23.7 Å². The number of rotatable bonds is 4. The molecule has 1 rings (SSSR count). The fraction of sp³-hybridized carbons (Fsp3) is 0.364. The molecule has 0 aliphatic rings. The predicted octanol–water partition coefficient (Wildman–Crippen LogP) is 1.33. The van der Waals surface area contributed by atoms with Gasteiger partial charge < -0.3 is 10.4 Å². The van der Waals surface area contributed by atoms with Crippen molar-refractivity contribution in [2.75, 3.05) is 6.61 Å². The van der Waals surface area contributed by atoms with Gasteiger partial charge in [0.1, 0.15) is 5.82 Å². The van der Waals surface area contributed by atoms with Crippen molar-refractivity contribution in [1.29, 1.82) is 0 Å². The van der Waals surface area contributed by atoms with E-state index in [1.54, 1.807) is 0 Å². The maximum absolute atomic E-state index is 12.6. The minimum atomic E-state index is -0.374. The van der Waals surface area contributed by atoms with Crippen molar-refractivity contribution >= 4 is 5.91 Å². The van der Waals surface area contributed by atoms with Crippen molar-refractivity contribution in [3.8, 4) is 0 Å². The Labute approximate surface area is 87.9 Å². The molecule has 0 aliphatic heterocycles. The van der Waals surface area contributed by atoms with E-state index in [1.807, 2.05) is 6.92 Å². The molecular formula is C11H14FNO2. The summed E-state index contributed by atoms with van der Waals surface area (Å²) in [6.07, 6.45) is 0.656. The summed E-state index contributed by atoms with van der Waals surface area (Å²) in [5.41, 5.74) is 0.392. The van der Waals surface area contributed by atoms with Gasteiger partial charge in [-0.05, 0) is 30.7 Å². The van der Waals surface area contributed by atoms with E-state index in [9.17, 15) is 9.18 Å². The highest BCUT2D eigenvalue weighted by Gasteiger charge is 2.10. The zero-order valence-corrected chi connectivity index (χ0v) is 8.53. The summed E-state index contributed by atoms with van der Waals surface area (Å²) < 4.78 is 12.6. The zero-order valence-electron chi connectivity index (χ0n) is 8.53. The highest BCUT2D eigenvalue weighted by molar-refractivity contribution is 5.94. The number of aliphatic hydroxyl groups excluding tert-OH is 1. The van der Waals surface area contributed by atoms with E-state index in [-0.39, 0.29) is 24.4 Å². The van der Waals surface area contributed by atoms with Gasteiger partial charge in [-0.3, -0.25) is 4.79 Å². The second kappa shape index (κ2) is 5.46. The lowest BCUT2D eigenvalue weighted by Crippen LogP contribution is -2.36. The molecule has 0 spiro atoms. The number of nitrogens with one attached hydrogen (secondary N) is 1. The van der Waals surface area contributed by atoms with E-state index in [1.165, 1.54) is 24.3 Å². The molecule has 1 aromatic rings. The van der Waals surface area contributed by atoms with Gasteiger partial charge in [-0.25, -0.2) is 4.39 Å². The first-order chi connectivity index (χ1) is 7.17. The van der Waals surface area contributed by atoms with Crippen molar-refractivity contribution in [3.05, 3.63) is 35.6 Å². The smallest absolute Gasteiger partial charge is 0.251 e. The Balaban J connectivity index is 2.64. The summed E-state index contributed by atoms with van der Waals surface area (Å²) in [4.78, 5) is 11.5. The number of carbonyl (C=O) groups excluding carboxylic acids is 1. The summed E-state index contributed by atoms with van der Waals surface area (Å²) in [6, 6.07) is 5.04. The second-order valence-electron chi connectivity index (χ2n) is 3.27. The van der Waals surface area contributed by atoms with E-state index in [4.69, 9.17) is 5.11 Å². The number of hydrogen-bond donors (Lipinski definition) is 2. The van der Waals surface area contributed by atoms with Crippen LogP contribution < -0.4 is 5.32 Å². The number of benzene rings is 1. The van der Waals surface area contributed by atoms with E-state index >= 15 is 0 Å². The van der Waals surface area contributed by atoms with Crippen LogP contribution in [-0.2, 0) is 0 Å². The molecule has 0 bridgehead atoms. The minimum absolute atomic E-state index is 0.0938. The monoisotopic (exact) mass is 211 g/mol. The molecule has 0 heterocycles. The van der Waals surface area contributed by atoms with Crippen molar-refractivity contribution in [3.63, 3.8) is 0 Å². The lowest BCUT2D eigenvalue weighted by molar-refractivity contribution is 0.0915. The fourth-order valence-electron chi connectivity index (χ4n) is 1.15. The summed E-state index contributed by atoms with van der Waals surface area (Å²) in [5.74, 6) is -0.670. The molecule has 0 saturated heterocycles. The molecule has 2 N–H and O–H groups in total. The first kappa shape index (κ1) is 11.7. The zero-order chi connectivity index (χ0) is 11.3. The van der Waals surface area contributed by atoms with Crippen molar-refractivity contribution in [1.82, 2.24) is 5.32 Å². The number of halogens is 1. The van der Waals surface area contributed by atoms with Crippen molar-refractivity contribution < 1.29 is 14.3 Å². The normalized spacial score (nSPS) is 12.2. The third kappa shape index (κ3) is 3.32. The molecule has 1 amide bonds. The van der Waals surface area contributed by atoms with Crippen LogP contribution in [0.15, 0.2) is 24.3 Å². The Morgan fingerprint density at radius 2 is 2.07 bits per heavy atom. The van der Waals surface area contributed by atoms with Gasteiger partial charge in [-0.15, -0.1) is 0 Å². The lowest BCUT2D eigenvalue weighted by atomic mass is 10.2. The van der Waals surface area contributed by atoms with Gasteiger partial charge in [0.05, 0.1) is 12.6 Å². The predicted molar refractivity (Wildman–Crippen MR) is 55.0 cm³/mol. The average molecular weight is 211 g/mol. The molecule has 0 unspecified atom stereocenters. The topological polar surface area (TPSA) is 49.3 Å². The molecule has 82 valence electrons. The molecule has 3 nitrogen and oxygen atoms in total. The maximum atomic E-state index is 12.6. The standard InChI is InChI=1S/C11H14FNO2/c1-2-10(7-14)13-11(15)8-3-5-9(12)6-4-8/h3-6,10,14H,2,7H2,1H3,(H,13,15)/t10-/m0/s1. The number of aliphatic hydroxyl groups is 1. The highest BCUT2D eigenvalue weighted by atomic mass is 19.1. The summed E-state index contributed by atoms with van der Waals surface area (Å²) in [6.45, 7) is 1.77. The van der Waals surface area contributed by atoms with Crippen molar-refractivity contribution in [2.45, 2.75) is 19.4 Å². The fourth-order valence-corrected chi connectivity index (χ4v) is 1.15. The van der Waals surface area contributed by atoms with E-state index < -0.39 is 0 Å². The molecule has 1 atom stereocenters. The van der Waals surface area contributed by atoms with Gasteiger partial charge >= 0.3 is 0 Å². The molecular weight excluding hydrogens is 197 g/mol. The number of carbonyl (C=O) groups is 1. The quantitative estimate of drug-likeness (QED) is 0.789. The largest absolute Gasteiger partial charge is 0.394 e. The third-order valence-electron chi connectivity index (χ3n) is 2.15. The number of amides is 1. The molecule has 0 saturated carbocycles. The third-order valence-corrected chi connectivity index (χ3v) is 2.15. The average Bonchev–Trinajstić information content (AvgIpc) is 2.26. The maximum Gasteiger partial charge on any atom is 0.251 e. The van der Waals surface area contributed by atoms with E-state index in [0.717, 1.165) is 0 Å². The van der Waals surface area contributed by atoms with Crippen LogP contribution in [0.4, 0.5) is 4.39 Å². The van der Waals surface area contributed by atoms with E-state index in [2.05, 4.69) is 5.32 Å². The van der Waals surface area contributed by atoms with Gasteiger partial charge in [0.15, 0.2) is 0 Å². The van der Waals surface area contributed by atoms with Gasteiger partial charge in [0, 0.05) is 5.56 Å². The van der Waals surface area contributed by atoms with Crippen LogP contribution in [0.3, 0.4) is 0 Å². The molecule has 4 heteroatoms. The van der Waals surface area contributed by atoms with Gasteiger partial charge in [-0.1, -0.05) is 6.92 Å². The van der Waals surface area contributed by atoms with E-state index in [0.29, 0.717) is 12.0 Å². The highest BCUT2D eigenvalue weighted by Crippen LogP contribution is 2.03. The Hall–Kier alpha value is -1.42. The van der Waals surface area contributed by atoms with Crippen LogP contribution >= 0.6 is 0 Å². The Kier molecular flexibility index (Phi) is 4.24. The molecule has 0 fully saturated rings. The summed E-state index contributed by atoms with van der Waals surface area (Å²) in [7, 11) is 0. The number of hydrogen-bond acceptors (Lipinski definition) is 2. The molecule has 0 aromatic heterocycles. The first-order valence-corrected chi connectivity index (χ1v) is 4.84. The van der Waals surface area contributed by atoms with Crippen LogP contribution in [0, 0.1) is 5.82 Å². The Morgan fingerprint density at radius 3 is 2.53 bits per heavy atom. The summed E-state index contributed by atoms with van der Waals surface area (Å²) in [5, 5.41) is 11.5. The van der Waals surface area contributed by atoms with Gasteiger partial charge in [-0.2, -0.15) is 0 Å². The molecule has 1 aromatic carbocycles. The SMILES string of the molecule is CC[C@@H](CO)NC(=O)c1ccc(F)cc1. The molecule has 15 heavy (non-hydrogen) atoms. The van der Waals surface area contributed by atoms with Crippen LogP contribution in [0.1, 0.15) is 23.7 Å². The van der Waals surface area contributed by atoms with Crippen molar-refractivity contribution in [2.24, 2.45) is 0 Å². The van der Waals surface area contributed by atoms with Gasteiger partial charge in [0.25, 0.3) is 5.91 Å². The molecule has 0 radical (unpaired) electrons. The second-order valence-corrected chi connectivity index (χ2v) is 3.27. The van der Waals surface area contributed by atoms with Crippen LogP contribution in [0.2, 0.25) is 0 Å². The molecule has 0 aliphatic carbocycles. The minimum Gasteiger partial charge on any atom is -0.394 e. The Bertz CT molecular complexity index is 320. The van der Waals surface area contributed by atoms with Crippen LogP contribution in [0.5, 0.6) is 0 Å². The van der Waals surface area contributed by atoms with Crippen LogP contribution in [0.25, 0.3) is 0 Å². The summed E-state index contributed by atoms with van der Waals surface area (Å²) >= 11 is 0.